The molecule has 1 heterocycles. The van der Waals surface area contributed by atoms with E-state index in [0.29, 0.717) is 16.7 Å². The summed E-state index contributed by atoms with van der Waals surface area (Å²) < 4.78 is 42.0. The molecule has 0 unspecified atom stereocenters. The molecule has 0 aliphatic rings. The molecule has 0 aliphatic heterocycles. The van der Waals surface area contributed by atoms with Gasteiger partial charge in [-0.05, 0) is 51.1 Å². The monoisotopic (exact) mass is 417 g/mol. The van der Waals surface area contributed by atoms with E-state index in [0.717, 1.165) is 5.56 Å². The summed E-state index contributed by atoms with van der Waals surface area (Å²) in [7, 11) is -4.08. The summed E-state index contributed by atoms with van der Waals surface area (Å²) in [4.78, 5) is 24.2. The summed E-state index contributed by atoms with van der Waals surface area (Å²) in [6, 6.07) is 10.4. The Hall–Kier alpha value is -3.33. The number of benzene rings is 2. The highest BCUT2D eigenvalue weighted by atomic mass is 32.2. The minimum Gasteiger partial charge on any atom is -0.462 e. The van der Waals surface area contributed by atoms with E-state index in [4.69, 9.17) is 13.9 Å². The van der Waals surface area contributed by atoms with Crippen LogP contribution in [0.25, 0.3) is 11.0 Å². The van der Waals surface area contributed by atoms with Gasteiger partial charge < -0.3 is 13.9 Å². The smallest absolute Gasteiger partial charge is 0.426 e. The van der Waals surface area contributed by atoms with E-state index in [1.54, 1.807) is 26.0 Å². The summed E-state index contributed by atoms with van der Waals surface area (Å²) in [6.07, 6.45) is -1.18. The highest BCUT2D eigenvalue weighted by Gasteiger charge is 2.22. The van der Waals surface area contributed by atoms with Gasteiger partial charge in [-0.15, -0.1) is 0 Å². The van der Waals surface area contributed by atoms with Crippen LogP contribution in [0.15, 0.2) is 51.8 Å². The summed E-state index contributed by atoms with van der Waals surface area (Å²) in [5, 5.41) is 0.396. The predicted octanol–water partition coefficient (Wildman–Crippen LogP) is 3.70. The van der Waals surface area contributed by atoms with Crippen molar-refractivity contribution in [2.75, 3.05) is 6.61 Å². The number of esters is 1. The van der Waals surface area contributed by atoms with Crippen LogP contribution in [0.1, 0.15) is 28.6 Å². The number of hydrogen-bond donors (Lipinski definition) is 1. The Kier molecular flexibility index (Phi) is 5.60. The summed E-state index contributed by atoms with van der Waals surface area (Å²) in [5.41, 5.74) is 1.51. The molecule has 0 saturated carbocycles. The maximum Gasteiger partial charge on any atom is 0.426 e. The van der Waals surface area contributed by atoms with Gasteiger partial charge in [0.25, 0.3) is 10.0 Å². The molecule has 3 aromatic rings. The number of aryl methyl sites for hydroxylation is 2. The third-order valence-corrected chi connectivity index (χ3v) is 5.40. The first kappa shape index (κ1) is 20.4. The minimum atomic E-state index is -4.08. The molecule has 9 heteroatoms. The normalized spacial score (nSPS) is 11.3. The first-order chi connectivity index (χ1) is 13.7. The molecule has 29 heavy (non-hydrogen) atoms. The molecule has 0 radical (unpaired) electrons. The van der Waals surface area contributed by atoms with Gasteiger partial charge in [0, 0.05) is 5.39 Å². The summed E-state index contributed by atoms with van der Waals surface area (Å²) >= 11 is 0. The van der Waals surface area contributed by atoms with Crippen LogP contribution in [-0.2, 0) is 14.8 Å². The van der Waals surface area contributed by atoms with E-state index >= 15 is 0 Å². The lowest BCUT2D eigenvalue weighted by atomic mass is 10.1. The van der Waals surface area contributed by atoms with Crippen molar-refractivity contribution in [1.29, 1.82) is 0 Å². The molecule has 1 N–H and O–H groups in total. The van der Waals surface area contributed by atoms with Crippen molar-refractivity contribution in [2.24, 2.45) is 0 Å². The van der Waals surface area contributed by atoms with Crippen LogP contribution in [0, 0.1) is 13.8 Å². The van der Waals surface area contributed by atoms with Crippen LogP contribution in [0.4, 0.5) is 4.79 Å². The van der Waals surface area contributed by atoms with Crippen molar-refractivity contribution in [3.63, 3.8) is 0 Å². The van der Waals surface area contributed by atoms with Gasteiger partial charge in [-0.25, -0.2) is 22.7 Å². The SMILES string of the molecule is CCOC(=O)c1c(C)oc2ccc(OC(=O)NS(=O)(=O)c3ccc(C)cc3)cc12. The van der Waals surface area contributed by atoms with Gasteiger partial charge in [-0.1, -0.05) is 17.7 Å². The lowest BCUT2D eigenvalue weighted by Gasteiger charge is -2.08. The molecule has 1 amide bonds. The van der Waals surface area contributed by atoms with Gasteiger partial charge in [0.15, 0.2) is 0 Å². The van der Waals surface area contributed by atoms with E-state index in [2.05, 4.69) is 0 Å². The van der Waals surface area contributed by atoms with Crippen LogP contribution in [-0.4, -0.2) is 27.1 Å². The Balaban J connectivity index is 1.82. The number of carbonyl (C=O) groups is 2. The Morgan fingerprint density at radius 3 is 2.41 bits per heavy atom. The van der Waals surface area contributed by atoms with Crippen molar-refractivity contribution < 1.29 is 31.9 Å². The number of furan rings is 1. The minimum absolute atomic E-state index is 0.0421. The number of sulfonamides is 1. The molecule has 0 aliphatic carbocycles. The van der Waals surface area contributed by atoms with E-state index in [1.165, 1.54) is 30.3 Å². The molecular formula is C20H19NO7S. The Morgan fingerprint density at radius 1 is 1.07 bits per heavy atom. The van der Waals surface area contributed by atoms with Gasteiger partial charge in [0.1, 0.15) is 22.7 Å². The van der Waals surface area contributed by atoms with Gasteiger partial charge >= 0.3 is 12.1 Å². The summed E-state index contributed by atoms with van der Waals surface area (Å²) in [5.74, 6) is -0.158. The van der Waals surface area contributed by atoms with Gasteiger partial charge in [0.05, 0.1) is 11.5 Å². The van der Waals surface area contributed by atoms with Crippen molar-refractivity contribution in [3.05, 3.63) is 59.4 Å². The molecule has 1 aromatic heterocycles. The second kappa shape index (κ2) is 7.96. The number of amides is 1. The second-order valence-corrected chi connectivity index (χ2v) is 7.90. The average Bonchev–Trinajstić information content (AvgIpc) is 2.97. The first-order valence-corrected chi connectivity index (χ1v) is 10.2. The van der Waals surface area contributed by atoms with Crippen molar-refractivity contribution in [1.82, 2.24) is 4.72 Å². The molecule has 0 saturated heterocycles. The fraction of sp³-hybridized carbons (Fsp3) is 0.200. The number of carbonyl (C=O) groups excluding carboxylic acids is 2. The predicted molar refractivity (Wildman–Crippen MR) is 104 cm³/mol. The number of hydrogen-bond acceptors (Lipinski definition) is 7. The van der Waals surface area contributed by atoms with Gasteiger partial charge in [-0.3, -0.25) is 0 Å². The fourth-order valence-electron chi connectivity index (χ4n) is 2.73. The maximum atomic E-state index is 12.3. The highest BCUT2D eigenvalue weighted by Crippen LogP contribution is 2.29. The number of fused-ring (bicyclic) bond motifs is 1. The molecule has 2 aromatic carbocycles. The topological polar surface area (TPSA) is 112 Å². The molecule has 0 spiro atoms. The third-order valence-electron chi connectivity index (χ3n) is 4.07. The molecule has 3 rings (SSSR count). The largest absolute Gasteiger partial charge is 0.462 e. The van der Waals surface area contributed by atoms with Crippen molar-refractivity contribution in [2.45, 2.75) is 25.7 Å². The van der Waals surface area contributed by atoms with E-state index in [1.807, 2.05) is 11.6 Å². The Labute approximate surface area is 167 Å². The lowest BCUT2D eigenvalue weighted by molar-refractivity contribution is 0.0526. The number of nitrogens with one attached hydrogen (secondary N) is 1. The van der Waals surface area contributed by atoms with Gasteiger partial charge in [-0.2, -0.15) is 0 Å². The molecule has 0 atom stereocenters. The van der Waals surface area contributed by atoms with Crippen LogP contribution >= 0.6 is 0 Å². The number of rotatable bonds is 5. The molecule has 0 fully saturated rings. The molecule has 8 nitrogen and oxygen atoms in total. The standard InChI is InChI=1S/C20H19NO7S/c1-4-26-19(22)18-13(3)27-17-10-7-14(11-16(17)18)28-20(23)21-29(24,25)15-8-5-12(2)6-9-15/h5-11H,4H2,1-3H3,(H,21,23). The van der Waals surface area contributed by atoms with E-state index < -0.39 is 22.1 Å². The van der Waals surface area contributed by atoms with Crippen molar-refractivity contribution in [3.8, 4) is 5.75 Å². The van der Waals surface area contributed by atoms with Crippen LogP contribution < -0.4 is 9.46 Å². The first-order valence-electron chi connectivity index (χ1n) is 8.73. The second-order valence-electron chi connectivity index (χ2n) is 6.22. The Bertz CT molecular complexity index is 1180. The van der Waals surface area contributed by atoms with Crippen molar-refractivity contribution >= 4 is 33.1 Å². The zero-order valence-corrected chi connectivity index (χ0v) is 16.8. The van der Waals surface area contributed by atoms with Gasteiger partial charge in [0.2, 0.25) is 0 Å². The quantitative estimate of drug-likeness (QED) is 0.630. The number of ether oxygens (including phenoxy) is 2. The van der Waals surface area contributed by atoms with E-state index in [9.17, 15) is 18.0 Å². The zero-order valence-electron chi connectivity index (χ0n) is 16.0. The Morgan fingerprint density at radius 2 is 1.76 bits per heavy atom. The van der Waals surface area contributed by atoms with Crippen LogP contribution in [0.5, 0.6) is 5.75 Å². The fourth-order valence-corrected chi connectivity index (χ4v) is 3.61. The molecular weight excluding hydrogens is 398 g/mol. The third kappa shape index (κ3) is 4.40. The lowest BCUT2D eigenvalue weighted by Crippen LogP contribution is -2.33. The highest BCUT2D eigenvalue weighted by molar-refractivity contribution is 7.90. The van der Waals surface area contributed by atoms with Crippen LogP contribution in [0.2, 0.25) is 0 Å². The molecule has 0 bridgehead atoms. The van der Waals surface area contributed by atoms with E-state index in [-0.39, 0.29) is 22.8 Å². The summed E-state index contributed by atoms with van der Waals surface area (Å²) in [6.45, 7) is 5.31. The van der Waals surface area contributed by atoms with Crippen LogP contribution in [0.3, 0.4) is 0 Å². The maximum absolute atomic E-state index is 12.3. The zero-order chi connectivity index (χ0) is 21.2. The molecule has 152 valence electrons. The average molecular weight is 417 g/mol.